The summed E-state index contributed by atoms with van der Waals surface area (Å²) in [6.07, 6.45) is 13.9. The molecule has 180 valence electrons. The van der Waals surface area contributed by atoms with E-state index < -0.39 is 0 Å². The minimum atomic E-state index is -0.0558. The van der Waals surface area contributed by atoms with Crippen LogP contribution in [-0.2, 0) is 4.79 Å². The van der Waals surface area contributed by atoms with E-state index in [-0.39, 0.29) is 31.0 Å². The number of amides is 1. The molecule has 0 radical (unpaired) electrons. The van der Waals surface area contributed by atoms with E-state index in [0.29, 0.717) is 30.2 Å². The Morgan fingerprint density at radius 2 is 2.09 bits per heavy atom. The maximum atomic E-state index is 12.0. The number of rotatable bonds is 11. The number of hydrogen-bond donors (Lipinski definition) is 4. The molecule has 0 atom stereocenters. The van der Waals surface area contributed by atoms with Crippen molar-refractivity contribution < 1.29 is 9.90 Å². The lowest BCUT2D eigenvalue weighted by molar-refractivity contribution is -0.128. The van der Waals surface area contributed by atoms with E-state index >= 15 is 0 Å². The molecular weight excluding hydrogens is 432 g/mol. The molecule has 3 aromatic heterocycles. The van der Waals surface area contributed by atoms with Gasteiger partial charge in [0, 0.05) is 48.3 Å². The van der Waals surface area contributed by atoms with Crippen LogP contribution in [0.5, 0.6) is 0 Å². The summed E-state index contributed by atoms with van der Waals surface area (Å²) in [5, 5.41) is 31.8. The van der Waals surface area contributed by atoms with E-state index in [1.54, 1.807) is 16.9 Å². The summed E-state index contributed by atoms with van der Waals surface area (Å²) >= 11 is 0. The molecular formula is C24H32N8O2. The molecule has 0 bridgehead atoms. The fraction of sp³-hybridized carbons (Fsp3) is 0.458. The molecule has 1 fully saturated rings. The molecule has 0 aromatic carbocycles. The number of aliphatic hydroxyl groups excluding tert-OH is 1. The van der Waals surface area contributed by atoms with Crippen molar-refractivity contribution in [1.29, 1.82) is 5.41 Å². The maximum Gasteiger partial charge on any atom is 0.223 e. The quantitative estimate of drug-likeness (QED) is 0.322. The van der Waals surface area contributed by atoms with Crippen LogP contribution in [0.25, 0.3) is 22.3 Å². The minimum absolute atomic E-state index is 0.0206. The highest BCUT2D eigenvalue weighted by Gasteiger charge is 2.33. The molecule has 3 aromatic rings. The lowest BCUT2D eigenvalue weighted by Crippen LogP contribution is -2.46. The van der Waals surface area contributed by atoms with Crippen LogP contribution >= 0.6 is 0 Å². The zero-order chi connectivity index (χ0) is 24.1. The average Bonchev–Trinajstić information content (AvgIpc) is 3.49. The molecule has 10 nitrogen and oxygen atoms in total. The van der Waals surface area contributed by atoms with Crippen molar-refractivity contribution in [3.05, 3.63) is 42.7 Å². The molecule has 1 saturated carbocycles. The Hall–Kier alpha value is -3.53. The fourth-order valence-electron chi connectivity index (χ4n) is 4.29. The number of aliphatic hydroxyl groups is 1. The predicted octanol–water partition coefficient (Wildman–Crippen LogP) is 2.42. The highest BCUT2D eigenvalue weighted by Crippen LogP contribution is 2.29. The molecule has 3 heterocycles. The van der Waals surface area contributed by atoms with Gasteiger partial charge in [-0.2, -0.15) is 10.2 Å². The summed E-state index contributed by atoms with van der Waals surface area (Å²) in [4.78, 5) is 16.8. The zero-order valence-corrected chi connectivity index (χ0v) is 19.6. The smallest absolute Gasteiger partial charge is 0.223 e. The standard InChI is InChI=1S/C24H32N8O2/c1-3-20(4-2)31-14-18(13-29-31)23-22-5-6-28-32(22)15-21(30-23)17(11-25)12-27-19-9-16(10-19)24(34)26-7-8-33/h5-6,11-16,19-20,25,27,33H,3-4,7-10H2,1-2H3,(H,26,34)/b17-12+,25-11?/t16-,19+. The van der Waals surface area contributed by atoms with Crippen LogP contribution in [0.3, 0.4) is 0 Å². The topological polar surface area (TPSA) is 133 Å². The highest BCUT2D eigenvalue weighted by atomic mass is 16.3. The predicted molar refractivity (Wildman–Crippen MR) is 130 cm³/mol. The first-order chi connectivity index (χ1) is 16.6. The van der Waals surface area contributed by atoms with E-state index in [1.165, 1.54) is 6.21 Å². The van der Waals surface area contributed by atoms with Crippen molar-refractivity contribution in [3.63, 3.8) is 0 Å². The van der Waals surface area contributed by atoms with Gasteiger partial charge in [0.25, 0.3) is 0 Å². The second-order valence-electron chi connectivity index (χ2n) is 8.61. The largest absolute Gasteiger partial charge is 0.395 e. The van der Waals surface area contributed by atoms with Crippen molar-refractivity contribution >= 4 is 23.2 Å². The summed E-state index contributed by atoms with van der Waals surface area (Å²) in [5.41, 5.74) is 3.80. The first-order valence-corrected chi connectivity index (χ1v) is 11.8. The average molecular weight is 465 g/mol. The Bertz CT molecular complexity index is 1170. The van der Waals surface area contributed by atoms with Gasteiger partial charge in [0.1, 0.15) is 0 Å². The molecule has 0 aliphatic heterocycles. The van der Waals surface area contributed by atoms with Crippen LogP contribution in [0, 0.1) is 11.3 Å². The number of nitrogens with one attached hydrogen (secondary N) is 3. The van der Waals surface area contributed by atoms with Crippen LogP contribution in [0.1, 0.15) is 51.3 Å². The Kier molecular flexibility index (Phi) is 7.36. The number of hydrogen-bond acceptors (Lipinski definition) is 7. The monoisotopic (exact) mass is 464 g/mol. The van der Waals surface area contributed by atoms with Gasteiger partial charge >= 0.3 is 0 Å². The van der Waals surface area contributed by atoms with Crippen molar-refractivity contribution in [2.45, 2.75) is 51.6 Å². The number of allylic oxidation sites excluding steroid dienone is 1. The van der Waals surface area contributed by atoms with Crippen LogP contribution in [-0.4, -0.2) is 60.8 Å². The van der Waals surface area contributed by atoms with E-state index in [0.717, 1.165) is 29.6 Å². The minimum Gasteiger partial charge on any atom is -0.395 e. The molecule has 1 amide bonds. The van der Waals surface area contributed by atoms with Gasteiger partial charge in [-0.15, -0.1) is 0 Å². The maximum absolute atomic E-state index is 12.0. The lowest BCUT2D eigenvalue weighted by atomic mass is 9.79. The summed E-state index contributed by atoms with van der Waals surface area (Å²) in [5.74, 6) is -0.0645. The van der Waals surface area contributed by atoms with Crippen molar-refractivity contribution in [1.82, 2.24) is 35.0 Å². The normalized spacial score (nSPS) is 18.2. The number of nitrogens with zero attached hydrogens (tertiary/aromatic N) is 5. The Labute approximate surface area is 198 Å². The first-order valence-electron chi connectivity index (χ1n) is 11.8. The second-order valence-corrected chi connectivity index (χ2v) is 8.61. The van der Waals surface area contributed by atoms with Crippen molar-refractivity contribution in [2.75, 3.05) is 13.2 Å². The van der Waals surface area contributed by atoms with Crippen LogP contribution in [0.4, 0.5) is 0 Å². The summed E-state index contributed by atoms with van der Waals surface area (Å²) in [6, 6.07) is 2.42. The number of carbonyl (C=O) groups excluding carboxylic acids is 1. The van der Waals surface area contributed by atoms with Gasteiger partial charge < -0.3 is 21.1 Å². The van der Waals surface area contributed by atoms with Gasteiger partial charge in [0.15, 0.2) is 0 Å². The zero-order valence-electron chi connectivity index (χ0n) is 19.6. The second kappa shape index (κ2) is 10.6. The lowest BCUT2D eigenvalue weighted by Gasteiger charge is -2.34. The van der Waals surface area contributed by atoms with Crippen molar-refractivity contribution in [2.24, 2.45) is 5.92 Å². The molecule has 1 aliphatic rings. The number of aromatic nitrogens is 5. The molecule has 0 saturated heterocycles. The van der Waals surface area contributed by atoms with Crippen LogP contribution < -0.4 is 10.6 Å². The third-order valence-corrected chi connectivity index (χ3v) is 6.43. The van der Waals surface area contributed by atoms with Crippen LogP contribution in [0.2, 0.25) is 0 Å². The molecule has 0 spiro atoms. The van der Waals surface area contributed by atoms with Gasteiger partial charge in [0.05, 0.1) is 48.1 Å². The van der Waals surface area contributed by atoms with E-state index in [4.69, 9.17) is 15.5 Å². The van der Waals surface area contributed by atoms with E-state index in [2.05, 4.69) is 34.7 Å². The van der Waals surface area contributed by atoms with E-state index in [1.807, 2.05) is 29.3 Å². The summed E-state index contributed by atoms with van der Waals surface area (Å²) in [7, 11) is 0. The summed E-state index contributed by atoms with van der Waals surface area (Å²) in [6.45, 7) is 4.54. The third-order valence-electron chi connectivity index (χ3n) is 6.43. The van der Waals surface area contributed by atoms with E-state index in [9.17, 15) is 4.79 Å². The van der Waals surface area contributed by atoms with Gasteiger partial charge in [0.2, 0.25) is 5.91 Å². The Balaban J connectivity index is 1.54. The van der Waals surface area contributed by atoms with Gasteiger partial charge in [-0.05, 0) is 31.7 Å². The molecule has 1 aliphatic carbocycles. The first kappa shape index (κ1) is 23.6. The fourth-order valence-corrected chi connectivity index (χ4v) is 4.29. The van der Waals surface area contributed by atoms with Gasteiger partial charge in [-0.1, -0.05) is 13.8 Å². The molecule has 4 rings (SSSR count). The molecule has 34 heavy (non-hydrogen) atoms. The summed E-state index contributed by atoms with van der Waals surface area (Å²) < 4.78 is 3.77. The van der Waals surface area contributed by atoms with Gasteiger partial charge in [-0.3, -0.25) is 9.48 Å². The Morgan fingerprint density at radius 1 is 1.29 bits per heavy atom. The molecule has 4 N–H and O–H groups in total. The SMILES string of the molecule is CCC(CC)n1cc(-c2nc(/C(C=N)=C/N[C@H]3C[C@@H](C(=O)NCCO)C3)cn3nccc23)cn1. The molecule has 10 heteroatoms. The van der Waals surface area contributed by atoms with Gasteiger partial charge in [-0.25, -0.2) is 9.50 Å². The van der Waals surface area contributed by atoms with Crippen molar-refractivity contribution in [3.8, 4) is 11.3 Å². The molecule has 0 unspecified atom stereocenters. The number of carbonyl (C=O) groups is 1. The van der Waals surface area contributed by atoms with Crippen LogP contribution in [0.15, 0.2) is 37.1 Å². The highest BCUT2D eigenvalue weighted by molar-refractivity contribution is 6.07. The number of fused-ring (bicyclic) bond motifs is 1. The third kappa shape index (κ3) is 4.86. The Morgan fingerprint density at radius 3 is 2.79 bits per heavy atom.